The average molecular weight is 601 g/mol. The fourth-order valence-corrected chi connectivity index (χ4v) is 18.4. The zero-order valence-corrected chi connectivity index (χ0v) is 25.3. The van der Waals surface area contributed by atoms with Crippen LogP contribution in [-0.4, -0.2) is 8.07 Å². The maximum atomic E-state index is 2.49. The van der Waals surface area contributed by atoms with E-state index in [0.29, 0.717) is 7.25 Å². The molecule has 1 aliphatic heterocycles. The second kappa shape index (κ2) is 9.73. The molecule has 0 spiro atoms. The van der Waals surface area contributed by atoms with E-state index in [-0.39, 0.29) is 24.8 Å². The third-order valence-corrected chi connectivity index (χ3v) is 18.8. The largest absolute Gasteiger partial charge is 1.00 e. The van der Waals surface area contributed by atoms with Crippen LogP contribution < -0.4 is 35.2 Å². The van der Waals surface area contributed by atoms with E-state index in [1.807, 2.05) is 0 Å². The van der Waals surface area contributed by atoms with E-state index in [2.05, 4.69) is 123 Å². The average Bonchev–Trinajstić information content (AvgIpc) is 3.35. The summed E-state index contributed by atoms with van der Waals surface area (Å²) in [6, 6.07) is 41.9. The Kier molecular flexibility index (Phi) is 6.94. The molecule has 0 saturated heterocycles. The quantitative estimate of drug-likeness (QED) is 0.294. The van der Waals surface area contributed by atoms with E-state index in [4.69, 9.17) is 0 Å². The summed E-state index contributed by atoms with van der Waals surface area (Å²) in [6.07, 6.45) is 0. The van der Waals surface area contributed by atoms with E-state index < -0.39 is 31.3 Å². The van der Waals surface area contributed by atoms with Crippen LogP contribution in [0.15, 0.2) is 120 Å². The first-order valence-electron chi connectivity index (χ1n) is 12.2. The Morgan fingerprint density at radius 2 is 0.861 bits per heavy atom. The minimum Gasteiger partial charge on any atom is -1.00 e. The molecule has 0 nitrogen and oxygen atoms in total. The van der Waals surface area contributed by atoms with Gasteiger partial charge in [-0.2, -0.15) is 0 Å². The fourth-order valence-electron chi connectivity index (χ4n) is 6.97. The normalized spacial score (nSPS) is 20.1. The second-order valence-corrected chi connectivity index (χ2v) is 17.1. The summed E-state index contributed by atoms with van der Waals surface area (Å²) in [5.74, 6) is 0. The smallest absolute Gasteiger partial charge is 1.00 e. The third-order valence-electron chi connectivity index (χ3n) is 8.23. The molecule has 2 atom stereocenters. The number of fused-ring (bicyclic) bond motifs is 8. The van der Waals surface area contributed by atoms with Gasteiger partial charge in [-0.15, -0.1) is 0 Å². The van der Waals surface area contributed by atoms with Gasteiger partial charge in [0.2, 0.25) is 0 Å². The molecule has 1 heterocycles. The van der Waals surface area contributed by atoms with Gasteiger partial charge in [-0.05, 0) is 0 Å². The van der Waals surface area contributed by atoms with Crippen LogP contribution in [0.1, 0.15) is 43.4 Å². The molecule has 4 bridgehead atoms. The number of allylic oxidation sites excluding steroid dienone is 2. The molecule has 176 valence electrons. The van der Waals surface area contributed by atoms with E-state index >= 15 is 0 Å². The van der Waals surface area contributed by atoms with Crippen LogP contribution in [0, 0.1) is 0 Å². The first-order valence-corrected chi connectivity index (χ1v) is 17.0. The zero-order chi connectivity index (χ0) is 22.9. The molecule has 0 N–H and O–H groups in total. The van der Waals surface area contributed by atoms with Crippen molar-refractivity contribution in [2.24, 2.45) is 0 Å². The fraction of sp³-hybridized carbons (Fsp3) is 0.125. The number of halogens is 2. The Balaban J connectivity index is 0.00000133. The predicted octanol–water partition coefficient (Wildman–Crippen LogP) is 0.489. The first-order chi connectivity index (χ1) is 16.7. The van der Waals surface area contributed by atoms with Crippen LogP contribution in [0.5, 0.6) is 0 Å². The number of hydrogen-bond donors (Lipinski definition) is 0. The molecular formula is C32H26Cl2SiZr. The Labute approximate surface area is 239 Å². The van der Waals surface area contributed by atoms with Gasteiger partial charge in [0.1, 0.15) is 0 Å². The molecule has 4 aromatic carbocycles. The molecule has 0 saturated carbocycles. The van der Waals surface area contributed by atoms with Crippen molar-refractivity contribution in [3.8, 4) is 0 Å². The van der Waals surface area contributed by atoms with Crippen molar-refractivity contribution in [2.75, 3.05) is 0 Å². The Hall–Kier alpha value is -1.96. The number of hydrogen-bond acceptors (Lipinski definition) is 0. The van der Waals surface area contributed by atoms with Crippen LogP contribution in [0.3, 0.4) is 0 Å². The standard InChI is InChI=1S/C32H26Si.2ClH.Zr/c1-23-21-25-13-9-11-19-29(25)31(23)33(27-15-5-3-6-16-27,28-17-7-4-8-18-28)32-24(2)22-26-14-10-12-20-30(26)32;;;/h3-22H,1-2H3;2*1H;/q;;;+2/p-2. The predicted molar refractivity (Wildman–Crippen MR) is 141 cm³/mol. The summed E-state index contributed by atoms with van der Waals surface area (Å²) in [5.41, 5.74) is 9.66. The maximum absolute atomic E-state index is 2.54. The van der Waals surface area contributed by atoms with Gasteiger partial charge in [0, 0.05) is 0 Å². The van der Waals surface area contributed by atoms with E-state index in [1.54, 1.807) is 32.7 Å². The molecule has 4 aromatic rings. The van der Waals surface area contributed by atoms with Crippen molar-refractivity contribution in [3.05, 3.63) is 143 Å². The van der Waals surface area contributed by atoms with Crippen LogP contribution in [0.25, 0.3) is 10.4 Å². The molecule has 36 heavy (non-hydrogen) atoms. The topological polar surface area (TPSA) is 0 Å². The van der Waals surface area contributed by atoms with Crippen molar-refractivity contribution < 1.29 is 48.0 Å². The van der Waals surface area contributed by atoms with E-state index in [1.165, 1.54) is 21.5 Å². The number of benzene rings is 4. The monoisotopic (exact) mass is 598 g/mol. The molecule has 0 aromatic heterocycles. The van der Waals surface area contributed by atoms with Crippen molar-refractivity contribution in [3.63, 3.8) is 0 Å². The summed E-state index contributed by atoms with van der Waals surface area (Å²) >= 11 is -0.815. The molecule has 4 heteroatoms. The molecule has 3 aliphatic rings. The summed E-state index contributed by atoms with van der Waals surface area (Å²) in [7, 11) is -2.54. The van der Waals surface area contributed by atoms with Crippen molar-refractivity contribution in [1.82, 2.24) is 0 Å². The maximum Gasteiger partial charge on any atom is -1.00 e. The number of rotatable bonds is 2. The summed E-state index contributed by atoms with van der Waals surface area (Å²) in [6.45, 7) is 4.97. The van der Waals surface area contributed by atoms with Crippen molar-refractivity contribution in [2.45, 2.75) is 21.1 Å². The van der Waals surface area contributed by atoms with Gasteiger partial charge in [0.05, 0.1) is 0 Å². The third kappa shape index (κ3) is 3.35. The van der Waals surface area contributed by atoms with Gasteiger partial charge in [-0.1, -0.05) is 0 Å². The summed E-state index contributed by atoms with van der Waals surface area (Å²) < 4.78 is 1.31. The van der Waals surface area contributed by atoms with Crippen LogP contribution in [0.4, 0.5) is 0 Å². The summed E-state index contributed by atoms with van der Waals surface area (Å²) in [5, 5.41) is 6.39. The Morgan fingerprint density at radius 3 is 1.28 bits per heavy atom. The van der Waals surface area contributed by atoms with Gasteiger partial charge in [0.25, 0.3) is 0 Å². The molecular weight excluding hydrogens is 575 g/mol. The summed E-state index contributed by atoms with van der Waals surface area (Å²) in [4.78, 5) is 0. The minimum absolute atomic E-state index is 0. The van der Waals surface area contributed by atoms with Crippen LogP contribution >= 0.6 is 0 Å². The molecule has 2 unspecified atom stereocenters. The SMILES string of the molecule is CC1=C2c3ccccc3[CH]1[Zr+2][CH]1C(C)=C(c3ccccc31)[Si]2(c1ccccc1)c1ccccc1.[Cl-].[Cl-]. The Morgan fingerprint density at radius 1 is 0.500 bits per heavy atom. The van der Waals surface area contributed by atoms with Gasteiger partial charge in [0.15, 0.2) is 0 Å². The minimum atomic E-state index is -2.54. The molecule has 2 aliphatic carbocycles. The molecule has 0 fully saturated rings. The zero-order valence-electron chi connectivity index (χ0n) is 20.3. The van der Waals surface area contributed by atoms with Gasteiger partial charge in [-0.25, -0.2) is 0 Å². The second-order valence-electron chi connectivity index (χ2n) is 9.81. The molecule has 0 amide bonds. The Bertz CT molecular complexity index is 1390. The van der Waals surface area contributed by atoms with Crippen molar-refractivity contribution in [1.29, 1.82) is 0 Å². The molecule has 0 radical (unpaired) electrons. The van der Waals surface area contributed by atoms with Crippen LogP contribution in [0.2, 0.25) is 0 Å². The van der Waals surface area contributed by atoms with Gasteiger partial charge >= 0.3 is 216 Å². The van der Waals surface area contributed by atoms with E-state index in [9.17, 15) is 0 Å². The van der Waals surface area contributed by atoms with Crippen molar-refractivity contribution >= 4 is 28.8 Å². The van der Waals surface area contributed by atoms with Gasteiger partial charge in [-0.3, -0.25) is 0 Å². The first kappa shape index (κ1) is 25.7. The molecule has 7 rings (SSSR count). The van der Waals surface area contributed by atoms with Crippen LogP contribution in [-0.2, 0) is 23.2 Å². The van der Waals surface area contributed by atoms with Gasteiger partial charge < -0.3 is 24.8 Å². The van der Waals surface area contributed by atoms with E-state index in [0.717, 1.165) is 0 Å².